The van der Waals surface area contributed by atoms with E-state index in [1.165, 1.54) is 97.5 Å². The number of carbonyl (C=O) groups excluding carboxylic acids is 1. The van der Waals surface area contributed by atoms with Crippen LogP contribution in [-0.4, -0.2) is 5.78 Å². The van der Waals surface area contributed by atoms with E-state index >= 15 is 0 Å². The molecular formula is C50H39BrOS6. The van der Waals surface area contributed by atoms with Gasteiger partial charge in [0, 0.05) is 50.1 Å². The van der Waals surface area contributed by atoms with Gasteiger partial charge in [-0.1, -0.05) is 76.2 Å². The minimum absolute atomic E-state index is 0.121. The lowest BCUT2D eigenvalue weighted by molar-refractivity contribution is 0.104. The van der Waals surface area contributed by atoms with E-state index in [1.807, 2.05) is 28.7 Å². The molecule has 0 saturated heterocycles. The maximum Gasteiger partial charge on any atom is 0.196 e. The summed E-state index contributed by atoms with van der Waals surface area (Å²) in [5.41, 5.74) is 31.0. The maximum absolute atomic E-state index is 14.9. The molecule has 0 aromatic carbocycles. The molecule has 6 heterocycles. The van der Waals surface area contributed by atoms with Gasteiger partial charge >= 0.3 is 0 Å². The highest BCUT2D eigenvalue weighted by atomic mass is 79.9. The molecule has 1 aliphatic carbocycles. The molecule has 0 bridgehead atoms. The Kier molecular flexibility index (Phi) is 15.0. The predicted molar refractivity (Wildman–Crippen MR) is 258 cm³/mol. The van der Waals surface area contributed by atoms with Gasteiger partial charge < -0.3 is 0 Å². The van der Waals surface area contributed by atoms with Gasteiger partial charge in [-0.3, -0.25) is 4.79 Å². The summed E-state index contributed by atoms with van der Waals surface area (Å²) in [6.45, 7) is 7.87. The Morgan fingerprint density at radius 2 is 1.07 bits per heavy atom. The Hall–Kier alpha value is -4.11. The molecule has 0 aliphatic heterocycles. The highest BCUT2D eigenvalue weighted by Crippen LogP contribution is 2.57. The van der Waals surface area contributed by atoms with Gasteiger partial charge in [0.15, 0.2) is 5.78 Å². The zero-order chi connectivity index (χ0) is 40.3. The molecule has 1 aliphatic rings. The van der Waals surface area contributed by atoms with E-state index in [9.17, 15) is 4.79 Å². The molecule has 0 radical (unpaired) electrons. The molecule has 0 saturated carbocycles. The Bertz CT molecular complexity index is 2860. The smallest absolute Gasteiger partial charge is 0.196 e. The van der Waals surface area contributed by atoms with Crippen LogP contribution in [0.1, 0.15) is 103 Å². The van der Waals surface area contributed by atoms with Gasteiger partial charge in [-0.05, 0) is 148 Å². The number of rotatable bonds is 16. The standard InChI is InChI=1S/C50H39BrOS6/c1-4-6-8-10-12-14-16-18-20-22-24-35-44-46(52)45-36(25-23-21-19-17-15-13-11-9-7-5-2)48(42-31-29-39(55-42)40-32-33-43(51)56-40)58-50(45)49(44)57-47(35)41-30-28-38(54-41)37-27-26-34(3)53-37/h25-33H,2,4,6,8,10,12,14,16,18,20,22,24H2,1,3H3. The van der Waals surface area contributed by atoms with Crippen LogP contribution in [0.25, 0.3) is 54.8 Å². The van der Waals surface area contributed by atoms with E-state index < -0.39 is 0 Å². The zero-order valence-electron chi connectivity index (χ0n) is 32.4. The molecule has 0 spiro atoms. The van der Waals surface area contributed by atoms with Gasteiger partial charge in [-0.15, -0.1) is 68.0 Å². The first-order valence-corrected chi connectivity index (χ1v) is 25.2. The predicted octanol–water partition coefficient (Wildman–Crippen LogP) is 17.7. The van der Waals surface area contributed by atoms with Crippen LogP contribution < -0.4 is 0 Å². The van der Waals surface area contributed by atoms with Crippen molar-refractivity contribution in [3.8, 4) is 48.8 Å². The number of thiophene rings is 6. The van der Waals surface area contributed by atoms with E-state index in [0.29, 0.717) is 0 Å². The Morgan fingerprint density at radius 3 is 1.69 bits per heavy atom. The van der Waals surface area contributed by atoms with Crippen LogP contribution in [0.3, 0.4) is 0 Å². The molecule has 0 atom stereocenters. The minimum atomic E-state index is 0.121. The number of unbranched alkanes of at least 4 members (excludes halogenated alkanes) is 9. The molecule has 0 fully saturated rings. The fourth-order valence-corrected chi connectivity index (χ4v) is 14.4. The Morgan fingerprint density at radius 1 is 0.552 bits per heavy atom. The molecule has 0 amide bonds. The summed E-state index contributed by atoms with van der Waals surface area (Å²) < 4.78 is 1.10. The van der Waals surface area contributed by atoms with Crippen LogP contribution >= 0.6 is 84.0 Å². The van der Waals surface area contributed by atoms with Crippen molar-refractivity contribution in [1.82, 2.24) is 0 Å². The van der Waals surface area contributed by atoms with Gasteiger partial charge in [0.05, 0.1) is 24.0 Å². The van der Waals surface area contributed by atoms with Crippen LogP contribution in [0.4, 0.5) is 0 Å². The summed E-state index contributed by atoms with van der Waals surface area (Å²) in [7, 11) is 0. The fraction of sp³-hybridized carbons (Fsp3) is 0.260. The van der Waals surface area contributed by atoms with Gasteiger partial charge in [-0.25, -0.2) is 0 Å². The number of hydrogen-bond donors (Lipinski definition) is 0. The average molecular weight is 928 g/mol. The lowest BCUT2D eigenvalue weighted by Gasteiger charge is -2.07. The summed E-state index contributed by atoms with van der Waals surface area (Å²) in [5.74, 6) is 0.121. The number of carbonyl (C=O) groups is 1. The minimum Gasteiger partial charge on any atom is -0.288 e. The fourth-order valence-electron chi connectivity index (χ4n) is 6.94. The highest BCUT2D eigenvalue weighted by Gasteiger charge is 2.38. The lowest BCUT2D eigenvalue weighted by atomic mass is 9.97. The van der Waals surface area contributed by atoms with Crippen LogP contribution in [-0.2, 0) is 6.42 Å². The van der Waals surface area contributed by atoms with Crippen molar-refractivity contribution in [1.29, 1.82) is 0 Å². The van der Waals surface area contributed by atoms with E-state index in [2.05, 4.69) is 142 Å². The summed E-state index contributed by atoms with van der Waals surface area (Å²) in [6, 6.07) is 17.5. The third-order valence-corrected chi connectivity index (χ3v) is 17.8. The second-order valence-corrected chi connectivity index (χ2v) is 21.7. The monoisotopic (exact) mass is 926 g/mol. The van der Waals surface area contributed by atoms with Crippen molar-refractivity contribution in [2.75, 3.05) is 0 Å². The van der Waals surface area contributed by atoms with Crippen LogP contribution in [0, 0.1) is 6.92 Å². The van der Waals surface area contributed by atoms with Crippen molar-refractivity contribution in [3.05, 3.63) is 143 Å². The first kappa shape index (κ1) is 42.0. The van der Waals surface area contributed by atoms with Gasteiger partial charge in [0.25, 0.3) is 0 Å². The van der Waals surface area contributed by atoms with Crippen molar-refractivity contribution < 1.29 is 4.79 Å². The Balaban J connectivity index is 1.27. The van der Waals surface area contributed by atoms with E-state index in [-0.39, 0.29) is 5.78 Å². The number of halogens is 1. The molecule has 7 rings (SSSR count). The third-order valence-electron chi connectivity index (χ3n) is 9.67. The molecule has 58 heavy (non-hydrogen) atoms. The summed E-state index contributed by atoms with van der Waals surface area (Å²) in [5, 5.41) is 0. The second-order valence-electron chi connectivity index (χ2n) is 13.7. The van der Waals surface area contributed by atoms with Gasteiger partial charge in [-0.2, -0.15) is 0 Å². The first-order valence-electron chi connectivity index (χ1n) is 19.5. The number of hydrogen-bond acceptors (Lipinski definition) is 7. The van der Waals surface area contributed by atoms with E-state index in [0.717, 1.165) is 52.8 Å². The molecular weight excluding hydrogens is 889 g/mol. The molecule has 6 aromatic heterocycles. The molecule has 288 valence electrons. The van der Waals surface area contributed by atoms with Crippen molar-refractivity contribution >= 4 is 95.8 Å². The van der Waals surface area contributed by atoms with Crippen LogP contribution in [0.15, 0.2) is 116 Å². The summed E-state index contributed by atoms with van der Waals surface area (Å²) >= 11 is 14.3. The number of aryl methyl sites for hydroxylation is 1. The summed E-state index contributed by atoms with van der Waals surface area (Å²) in [4.78, 5) is 28.1. The molecule has 1 nitrogen and oxygen atoms in total. The van der Waals surface area contributed by atoms with Crippen molar-refractivity contribution in [3.63, 3.8) is 0 Å². The number of ketones is 1. The van der Waals surface area contributed by atoms with Crippen molar-refractivity contribution in [2.45, 2.75) is 84.5 Å². The van der Waals surface area contributed by atoms with E-state index in [4.69, 9.17) is 0 Å². The maximum atomic E-state index is 14.9. The molecule has 6 aromatic rings. The molecule has 8 heteroatoms. The van der Waals surface area contributed by atoms with E-state index in [1.54, 1.807) is 45.3 Å². The normalized spacial score (nSPS) is 10.8. The van der Waals surface area contributed by atoms with Gasteiger partial charge in [0.2, 0.25) is 0 Å². The SMILES string of the molecule is C=C=C=C=C=C=C=C=C=C=C=Cc1c(-c2ccc(-c3ccc(Br)s3)s2)sc2c1C(=O)c1c-2sc(-c2ccc(-c3ccc(C)s3)s2)c1CCCCCCCCCCCC. The third kappa shape index (κ3) is 10.0. The second kappa shape index (κ2) is 20.7. The van der Waals surface area contributed by atoms with Crippen LogP contribution in [0.5, 0.6) is 0 Å². The summed E-state index contributed by atoms with van der Waals surface area (Å²) in [6.07, 6.45) is 15.6. The van der Waals surface area contributed by atoms with Crippen LogP contribution in [0.2, 0.25) is 0 Å². The highest BCUT2D eigenvalue weighted by molar-refractivity contribution is 9.11. The van der Waals surface area contributed by atoms with Crippen molar-refractivity contribution in [2.24, 2.45) is 0 Å². The van der Waals surface area contributed by atoms with Gasteiger partial charge in [0.1, 0.15) is 0 Å². The quantitative estimate of drug-likeness (QED) is 0.0697. The first-order chi connectivity index (χ1) is 28.5. The lowest BCUT2D eigenvalue weighted by Crippen LogP contribution is -2.01. The topological polar surface area (TPSA) is 17.1 Å². The molecule has 0 unspecified atom stereocenters. The molecule has 0 N–H and O–H groups in total. The average Bonchev–Trinajstić information content (AvgIpc) is 4.08. The number of fused-ring (bicyclic) bond motifs is 3. The zero-order valence-corrected chi connectivity index (χ0v) is 38.9. The largest absolute Gasteiger partial charge is 0.288 e. The Labute approximate surface area is 373 Å².